The normalized spacial score (nSPS) is 11.0. The van der Waals surface area contributed by atoms with Crippen LogP contribution in [-0.2, 0) is 0 Å². The highest BCUT2D eigenvalue weighted by Gasteiger charge is 2.17. The Kier molecular flexibility index (Phi) is 4.19. The average molecular weight is 455 g/mol. The maximum absolute atomic E-state index is 6.07. The molecule has 102 valence electrons. The Balaban J connectivity index is 2.04. The molecule has 1 aromatic carbocycles. The lowest BCUT2D eigenvalue weighted by Gasteiger charge is -1.97. The summed E-state index contributed by atoms with van der Waals surface area (Å²) >= 11 is 20.1. The highest BCUT2D eigenvalue weighted by Crippen LogP contribution is 2.38. The molecule has 3 aromatic rings. The first-order chi connectivity index (χ1) is 9.52. The molecule has 0 aliphatic carbocycles. The van der Waals surface area contributed by atoms with Gasteiger partial charge in [-0.15, -0.1) is 11.3 Å². The van der Waals surface area contributed by atoms with Gasteiger partial charge in [0.2, 0.25) is 5.82 Å². The van der Waals surface area contributed by atoms with Crippen LogP contribution in [0.15, 0.2) is 37.7 Å². The molecule has 0 saturated carbocycles. The van der Waals surface area contributed by atoms with E-state index >= 15 is 0 Å². The molecule has 3 rings (SSSR count). The van der Waals surface area contributed by atoms with Crippen LogP contribution in [0.1, 0.15) is 0 Å². The van der Waals surface area contributed by atoms with Crippen LogP contribution in [0.3, 0.4) is 0 Å². The predicted octanol–water partition coefficient (Wildman–Crippen LogP) is 6.30. The lowest BCUT2D eigenvalue weighted by Crippen LogP contribution is -1.81. The summed E-state index contributed by atoms with van der Waals surface area (Å²) in [5.41, 5.74) is 0.833. The van der Waals surface area contributed by atoms with E-state index in [1.165, 1.54) is 11.3 Å². The number of aromatic nitrogens is 2. The van der Waals surface area contributed by atoms with E-state index in [1.54, 1.807) is 6.07 Å². The summed E-state index contributed by atoms with van der Waals surface area (Å²) in [5, 5.41) is 4.48. The fourth-order valence-corrected chi connectivity index (χ4v) is 4.36. The summed E-state index contributed by atoms with van der Waals surface area (Å²) in [6.45, 7) is 0. The third kappa shape index (κ3) is 2.94. The first-order valence-corrected chi connectivity index (χ1v) is 8.44. The van der Waals surface area contributed by atoms with Gasteiger partial charge in [-0.3, -0.25) is 0 Å². The van der Waals surface area contributed by atoms with Gasteiger partial charge in [-0.2, -0.15) is 4.98 Å². The van der Waals surface area contributed by atoms with Crippen LogP contribution in [0.4, 0.5) is 0 Å². The molecule has 0 amide bonds. The van der Waals surface area contributed by atoms with Crippen LogP contribution in [0, 0.1) is 0 Å². The molecule has 2 heterocycles. The Morgan fingerprint density at radius 3 is 2.35 bits per heavy atom. The average Bonchev–Trinajstić information content (AvgIpc) is 2.94. The van der Waals surface area contributed by atoms with Gasteiger partial charge >= 0.3 is 0 Å². The van der Waals surface area contributed by atoms with Crippen molar-refractivity contribution in [3.05, 3.63) is 42.6 Å². The van der Waals surface area contributed by atoms with Crippen molar-refractivity contribution in [2.45, 2.75) is 0 Å². The molecule has 0 atom stereocenters. The molecule has 2 aromatic heterocycles. The maximum atomic E-state index is 6.07. The second-order valence-corrected chi connectivity index (χ2v) is 7.73. The van der Waals surface area contributed by atoms with Gasteiger partial charge in [-0.1, -0.05) is 60.2 Å². The number of hydrogen-bond acceptors (Lipinski definition) is 4. The van der Waals surface area contributed by atoms with Crippen LogP contribution in [0.5, 0.6) is 0 Å². The van der Waals surface area contributed by atoms with Gasteiger partial charge in [0.1, 0.15) is 4.88 Å². The summed E-state index contributed by atoms with van der Waals surface area (Å²) in [6.07, 6.45) is 0. The fraction of sp³-hybridized carbons (Fsp3) is 0. The van der Waals surface area contributed by atoms with E-state index < -0.39 is 0 Å². The van der Waals surface area contributed by atoms with E-state index in [-0.39, 0.29) is 0 Å². The molecule has 0 saturated heterocycles. The van der Waals surface area contributed by atoms with Crippen molar-refractivity contribution < 1.29 is 4.52 Å². The van der Waals surface area contributed by atoms with Gasteiger partial charge in [-0.05, 0) is 24.3 Å². The highest BCUT2D eigenvalue weighted by atomic mass is 79.9. The Morgan fingerprint density at radius 1 is 1.05 bits per heavy atom. The summed E-state index contributed by atoms with van der Waals surface area (Å²) in [7, 11) is 0. The van der Waals surface area contributed by atoms with Gasteiger partial charge in [-0.25, -0.2) is 0 Å². The van der Waals surface area contributed by atoms with Crippen molar-refractivity contribution in [1.29, 1.82) is 0 Å². The standard InChI is InChI=1S/C12H4Br2Cl2N2OS/c13-6-1-5(2-7(14)3-6)11-17-12(19-18-11)10-8(15)4-9(16)20-10/h1-4H. The van der Waals surface area contributed by atoms with E-state index in [2.05, 4.69) is 42.0 Å². The number of nitrogens with zero attached hydrogens (tertiary/aromatic N) is 2. The van der Waals surface area contributed by atoms with Crippen LogP contribution in [-0.4, -0.2) is 10.1 Å². The largest absolute Gasteiger partial charge is 0.333 e. The van der Waals surface area contributed by atoms with E-state index in [0.29, 0.717) is 26.0 Å². The molecule has 0 bridgehead atoms. The first kappa shape index (κ1) is 14.5. The molecular formula is C12H4Br2Cl2N2OS. The number of rotatable bonds is 2. The number of thiophene rings is 1. The molecule has 0 spiro atoms. The van der Waals surface area contributed by atoms with Gasteiger partial charge < -0.3 is 4.52 Å². The Bertz CT molecular complexity index is 767. The van der Waals surface area contributed by atoms with Crippen LogP contribution in [0.2, 0.25) is 9.36 Å². The molecule has 0 aliphatic heterocycles. The first-order valence-electron chi connectivity index (χ1n) is 5.28. The van der Waals surface area contributed by atoms with Gasteiger partial charge in [0, 0.05) is 14.5 Å². The SMILES string of the molecule is Clc1cc(Cl)c(-c2nc(-c3cc(Br)cc(Br)c3)no2)s1. The topological polar surface area (TPSA) is 38.9 Å². The smallest absolute Gasteiger partial charge is 0.269 e. The third-order valence-electron chi connectivity index (χ3n) is 2.40. The zero-order chi connectivity index (χ0) is 14.3. The number of halogens is 4. The molecule has 8 heteroatoms. The number of benzene rings is 1. The van der Waals surface area contributed by atoms with Crippen LogP contribution < -0.4 is 0 Å². The van der Waals surface area contributed by atoms with E-state index in [4.69, 9.17) is 27.7 Å². The predicted molar refractivity (Wildman–Crippen MR) is 88.5 cm³/mol. The van der Waals surface area contributed by atoms with Crippen molar-refractivity contribution >= 4 is 66.4 Å². The summed E-state index contributed by atoms with van der Waals surface area (Å²) in [4.78, 5) is 5.03. The Hall–Kier alpha value is -0.400. The fourth-order valence-electron chi connectivity index (χ4n) is 1.60. The maximum Gasteiger partial charge on any atom is 0.269 e. The minimum absolute atomic E-state index is 0.359. The third-order valence-corrected chi connectivity index (χ3v) is 4.98. The summed E-state index contributed by atoms with van der Waals surface area (Å²) in [6, 6.07) is 7.40. The van der Waals surface area contributed by atoms with Gasteiger partial charge in [0.25, 0.3) is 5.89 Å². The van der Waals surface area contributed by atoms with E-state index in [0.717, 1.165) is 14.5 Å². The van der Waals surface area contributed by atoms with Gasteiger partial charge in [0.05, 0.1) is 9.36 Å². The molecule has 0 radical (unpaired) electrons. The zero-order valence-electron chi connectivity index (χ0n) is 9.53. The minimum atomic E-state index is 0.359. The molecule has 0 fully saturated rings. The van der Waals surface area contributed by atoms with Crippen molar-refractivity contribution in [2.24, 2.45) is 0 Å². The molecule has 20 heavy (non-hydrogen) atoms. The second kappa shape index (κ2) is 5.77. The molecular weight excluding hydrogens is 451 g/mol. The van der Waals surface area contributed by atoms with Crippen molar-refractivity contribution in [3.8, 4) is 22.2 Å². The van der Waals surface area contributed by atoms with Crippen molar-refractivity contribution in [2.75, 3.05) is 0 Å². The molecule has 3 nitrogen and oxygen atoms in total. The highest BCUT2D eigenvalue weighted by molar-refractivity contribution is 9.11. The summed E-state index contributed by atoms with van der Waals surface area (Å²) < 4.78 is 7.68. The quantitative estimate of drug-likeness (QED) is 0.456. The molecule has 0 unspecified atom stereocenters. The number of hydrogen-bond donors (Lipinski definition) is 0. The van der Waals surface area contributed by atoms with Crippen LogP contribution >= 0.6 is 66.4 Å². The zero-order valence-corrected chi connectivity index (χ0v) is 15.0. The Labute approximate surface area is 145 Å². The monoisotopic (exact) mass is 452 g/mol. The lowest BCUT2D eigenvalue weighted by molar-refractivity contribution is 0.433. The Morgan fingerprint density at radius 2 is 1.75 bits per heavy atom. The van der Waals surface area contributed by atoms with Gasteiger partial charge in [0.15, 0.2) is 0 Å². The van der Waals surface area contributed by atoms with Crippen LogP contribution in [0.25, 0.3) is 22.2 Å². The van der Waals surface area contributed by atoms with E-state index in [1.807, 2.05) is 18.2 Å². The van der Waals surface area contributed by atoms with Crippen molar-refractivity contribution in [3.63, 3.8) is 0 Å². The molecule has 0 aliphatic rings. The second-order valence-electron chi connectivity index (χ2n) is 3.81. The summed E-state index contributed by atoms with van der Waals surface area (Å²) in [5.74, 6) is 0.848. The molecule has 0 N–H and O–H groups in total. The minimum Gasteiger partial charge on any atom is -0.333 e. The lowest BCUT2D eigenvalue weighted by atomic mass is 10.2. The van der Waals surface area contributed by atoms with Crippen molar-refractivity contribution in [1.82, 2.24) is 10.1 Å². The van der Waals surface area contributed by atoms with E-state index in [9.17, 15) is 0 Å².